The molecule has 0 bridgehead atoms. The molecule has 2 aromatic carbocycles. The first-order chi connectivity index (χ1) is 14.3. The Morgan fingerprint density at radius 3 is 2.57 bits per heavy atom. The summed E-state index contributed by atoms with van der Waals surface area (Å²) in [4.78, 5) is 22.8. The van der Waals surface area contributed by atoms with Crippen LogP contribution in [0.5, 0.6) is 0 Å². The quantitative estimate of drug-likeness (QED) is 0.407. The van der Waals surface area contributed by atoms with Gasteiger partial charge in [0.15, 0.2) is 5.13 Å². The van der Waals surface area contributed by atoms with Crippen molar-refractivity contribution in [2.45, 2.75) is 31.6 Å². The highest BCUT2D eigenvalue weighted by molar-refractivity contribution is 7.99. The summed E-state index contributed by atoms with van der Waals surface area (Å²) < 4.78 is 14.2. The summed E-state index contributed by atoms with van der Waals surface area (Å²) in [6.07, 6.45) is 1.30. The molecule has 0 saturated carbocycles. The molecule has 3 rings (SSSR count). The molecule has 0 N–H and O–H groups in total. The fraction of sp³-hybridized carbons (Fsp3) is 0.391. The molecule has 160 valence electrons. The first-order valence-electron chi connectivity index (χ1n) is 10.0. The Morgan fingerprint density at radius 1 is 1.13 bits per heavy atom. The van der Waals surface area contributed by atoms with Crippen molar-refractivity contribution >= 4 is 44.4 Å². The Labute approximate surface area is 186 Å². The van der Waals surface area contributed by atoms with Crippen LogP contribution in [0.15, 0.2) is 41.3 Å². The number of anilines is 1. The van der Waals surface area contributed by atoms with Crippen molar-refractivity contribution in [1.29, 1.82) is 0 Å². The van der Waals surface area contributed by atoms with E-state index in [2.05, 4.69) is 30.9 Å². The molecule has 0 aliphatic heterocycles. The lowest BCUT2D eigenvalue weighted by Gasteiger charge is -2.21. The van der Waals surface area contributed by atoms with Crippen molar-refractivity contribution in [3.05, 3.63) is 53.3 Å². The van der Waals surface area contributed by atoms with E-state index in [9.17, 15) is 9.18 Å². The Kier molecular flexibility index (Phi) is 7.86. The smallest absolute Gasteiger partial charge is 0.229 e. The minimum absolute atomic E-state index is 0.0804. The van der Waals surface area contributed by atoms with E-state index < -0.39 is 0 Å². The zero-order valence-electron chi connectivity index (χ0n) is 17.9. The zero-order chi connectivity index (χ0) is 21.7. The maximum absolute atomic E-state index is 13.1. The molecular weight excluding hydrogens is 417 g/mol. The minimum atomic E-state index is -0.246. The number of benzene rings is 2. The second-order valence-corrected chi connectivity index (χ2v) is 9.86. The monoisotopic (exact) mass is 445 g/mol. The summed E-state index contributed by atoms with van der Waals surface area (Å²) in [5, 5.41) is 0.772. The number of aryl methyl sites for hydroxylation is 2. The van der Waals surface area contributed by atoms with Gasteiger partial charge in [-0.2, -0.15) is 0 Å². The molecule has 1 amide bonds. The van der Waals surface area contributed by atoms with Crippen LogP contribution in [0.4, 0.5) is 9.52 Å². The topological polar surface area (TPSA) is 36.4 Å². The van der Waals surface area contributed by atoms with Gasteiger partial charge in [-0.1, -0.05) is 17.4 Å². The van der Waals surface area contributed by atoms with E-state index in [0.29, 0.717) is 18.7 Å². The fourth-order valence-corrected chi connectivity index (χ4v) is 5.29. The van der Waals surface area contributed by atoms with Crippen LogP contribution in [0.3, 0.4) is 0 Å². The van der Waals surface area contributed by atoms with Gasteiger partial charge in [0.25, 0.3) is 0 Å². The second-order valence-electron chi connectivity index (χ2n) is 7.68. The van der Waals surface area contributed by atoms with E-state index >= 15 is 0 Å². The van der Waals surface area contributed by atoms with Crippen LogP contribution in [-0.2, 0) is 4.79 Å². The lowest BCUT2D eigenvalue weighted by molar-refractivity contribution is -0.118. The number of thiazole rings is 1. The van der Waals surface area contributed by atoms with E-state index in [1.54, 1.807) is 35.2 Å². The van der Waals surface area contributed by atoms with Crippen molar-refractivity contribution in [1.82, 2.24) is 9.88 Å². The summed E-state index contributed by atoms with van der Waals surface area (Å²) in [7, 11) is 4.07. The van der Waals surface area contributed by atoms with Crippen molar-refractivity contribution < 1.29 is 9.18 Å². The van der Waals surface area contributed by atoms with Gasteiger partial charge in [0.05, 0.1) is 10.2 Å². The number of carbonyl (C=O) groups is 1. The van der Waals surface area contributed by atoms with Crippen molar-refractivity contribution in [2.24, 2.45) is 0 Å². The fourth-order valence-electron chi connectivity index (χ4n) is 3.27. The number of thioether (sulfide) groups is 1. The molecule has 0 unspecified atom stereocenters. The third-order valence-corrected chi connectivity index (χ3v) is 6.77. The van der Waals surface area contributed by atoms with Crippen molar-refractivity contribution in [2.75, 3.05) is 37.8 Å². The molecule has 0 aliphatic rings. The van der Waals surface area contributed by atoms with Gasteiger partial charge in [-0.15, -0.1) is 11.8 Å². The van der Waals surface area contributed by atoms with Gasteiger partial charge in [0, 0.05) is 23.6 Å². The van der Waals surface area contributed by atoms with Gasteiger partial charge in [0.2, 0.25) is 5.91 Å². The van der Waals surface area contributed by atoms with Crippen LogP contribution >= 0.6 is 23.1 Å². The lowest BCUT2D eigenvalue weighted by Crippen LogP contribution is -2.33. The van der Waals surface area contributed by atoms with Crippen molar-refractivity contribution in [3.8, 4) is 0 Å². The van der Waals surface area contributed by atoms with Crippen LogP contribution in [0.2, 0.25) is 0 Å². The van der Waals surface area contributed by atoms with E-state index in [4.69, 9.17) is 4.98 Å². The molecule has 4 nitrogen and oxygen atoms in total. The van der Waals surface area contributed by atoms with E-state index in [1.807, 2.05) is 19.0 Å². The molecule has 0 spiro atoms. The van der Waals surface area contributed by atoms with Gasteiger partial charge >= 0.3 is 0 Å². The Hall–Kier alpha value is -1.96. The van der Waals surface area contributed by atoms with Gasteiger partial charge in [-0.3, -0.25) is 9.69 Å². The van der Waals surface area contributed by atoms with E-state index in [0.717, 1.165) is 38.8 Å². The number of hydrogen-bond donors (Lipinski definition) is 0. The number of amides is 1. The summed E-state index contributed by atoms with van der Waals surface area (Å²) >= 11 is 3.15. The Morgan fingerprint density at radius 2 is 1.87 bits per heavy atom. The predicted molar refractivity (Wildman–Crippen MR) is 126 cm³/mol. The molecular formula is C23H28FN3OS2. The number of carbonyl (C=O) groups excluding carboxylic acids is 1. The summed E-state index contributed by atoms with van der Waals surface area (Å²) in [6, 6.07) is 10.7. The molecule has 1 aromatic heterocycles. The molecule has 0 radical (unpaired) electrons. The number of nitrogens with zero attached hydrogens (tertiary/aromatic N) is 3. The van der Waals surface area contributed by atoms with Crippen LogP contribution in [0, 0.1) is 19.7 Å². The third kappa shape index (κ3) is 6.03. The Balaban J connectivity index is 1.73. The van der Waals surface area contributed by atoms with Gasteiger partial charge in [-0.05, 0) is 82.4 Å². The summed E-state index contributed by atoms with van der Waals surface area (Å²) in [6.45, 7) is 5.71. The maximum atomic E-state index is 13.1. The highest BCUT2D eigenvalue weighted by Gasteiger charge is 2.20. The number of rotatable bonds is 9. The van der Waals surface area contributed by atoms with Crippen LogP contribution in [0.25, 0.3) is 10.2 Å². The number of halogens is 1. The number of aromatic nitrogens is 1. The SMILES string of the molecule is Cc1cc(C)c2nc(N(CCCN(C)C)C(=O)CCSc3ccc(F)cc3)sc2c1. The molecule has 30 heavy (non-hydrogen) atoms. The highest BCUT2D eigenvalue weighted by atomic mass is 32.2. The molecule has 1 heterocycles. The van der Waals surface area contributed by atoms with E-state index in [-0.39, 0.29) is 11.7 Å². The standard InChI is InChI=1S/C23H28FN3OS2/c1-16-14-17(2)22-20(15-16)30-23(25-22)27(12-5-11-26(3)4)21(28)10-13-29-19-8-6-18(24)7-9-19/h6-9,14-15H,5,10-13H2,1-4H3. The van der Waals surface area contributed by atoms with Crippen LogP contribution in [-0.4, -0.2) is 48.7 Å². The van der Waals surface area contributed by atoms with Gasteiger partial charge < -0.3 is 4.90 Å². The lowest BCUT2D eigenvalue weighted by atomic mass is 10.1. The van der Waals surface area contributed by atoms with Crippen molar-refractivity contribution in [3.63, 3.8) is 0 Å². The molecule has 0 fully saturated rings. The normalized spacial score (nSPS) is 11.4. The number of fused-ring (bicyclic) bond motifs is 1. The molecule has 3 aromatic rings. The second kappa shape index (κ2) is 10.4. The first-order valence-corrected chi connectivity index (χ1v) is 11.8. The Bertz CT molecular complexity index is 1000. The summed E-state index contributed by atoms with van der Waals surface area (Å²) in [5.41, 5.74) is 3.32. The van der Waals surface area contributed by atoms with Crippen LogP contribution < -0.4 is 4.90 Å². The molecule has 7 heteroatoms. The minimum Gasteiger partial charge on any atom is -0.309 e. The molecule has 0 aliphatic carbocycles. The van der Waals surface area contributed by atoms with E-state index in [1.165, 1.54) is 17.7 Å². The average molecular weight is 446 g/mol. The van der Waals surface area contributed by atoms with Gasteiger partial charge in [0.1, 0.15) is 5.82 Å². The molecule has 0 atom stereocenters. The highest BCUT2D eigenvalue weighted by Crippen LogP contribution is 2.32. The van der Waals surface area contributed by atoms with Crippen LogP contribution in [0.1, 0.15) is 24.0 Å². The zero-order valence-corrected chi connectivity index (χ0v) is 19.6. The van der Waals surface area contributed by atoms with Gasteiger partial charge in [-0.25, -0.2) is 9.37 Å². The first kappa shape index (κ1) is 22.7. The third-order valence-electron chi connectivity index (χ3n) is 4.74. The maximum Gasteiger partial charge on any atom is 0.229 e. The average Bonchev–Trinajstić information content (AvgIpc) is 3.10. The predicted octanol–water partition coefficient (Wildman–Crippen LogP) is 5.52. The molecule has 0 saturated heterocycles. The number of hydrogen-bond acceptors (Lipinski definition) is 5. The largest absolute Gasteiger partial charge is 0.309 e. The summed E-state index contributed by atoms with van der Waals surface area (Å²) in [5.74, 6) is 0.484.